The van der Waals surface area contributed by atoms with Crippen molar-refractivity contribution >= 4 is 17.8 Å². The summed E-state index contributed by atoms with van der Waals surface area (Å²) in [6.07, 6.45) is 2.56. The summed E-state index contributed by atoms with van der Waals surface area (Å²) in [6, 6.07) is 17.0. The molecule has 0 spiro atoms. The number of carboxylic acids is 1. The minimum atomic E-state index is -1.01. The lowest BCUT2D eigenvalue weighted by atomic mass is 9.93. The average molecular weight is 568 g/mol. The van der Waals surface area contributed by atoms with Gasteiger partial charge in [-0.1, -0.05) is 49.4 Å². The molecule has 6 N–H and O–H groups in total. The number of carboxylic acid groups (broad SMARTS) is 1. The van der Waals surface area contributed by atoms with Gasteiger partial charge in [-0.15, -0.1) is 0 Å². The van der Waals surface area contributed by atoms with Gasteiger partial charge in [0.25, 0.3) is 0 Å². The molecule has 2 atom stereocenters. The number of H-pyrrole nitrogens is 1. The summed E-state index contributed by atoms with van der Waals surface area (Å²) >= 11 is 0. The Hall–Kier alpha value is -4.76. The van der Waals surface area contributed by atoms with Crippen LogP contribution in [0.5, 0.6) is 0 Å². The lowest BCUT2D eigenvalue weighted by molar-refractivity contribution is -0.135. The lowest BCUT2D eigenvalue weighted by Crippen LogP contribution is -2.46. The first-order valence-corrected chi connectivity index (χ1v) is 13.9. The van der Waals surface area contributed by atoms with Crippen molar-refractivity contribution in [3.05, 3.63) is 112 Å². The number of hydrogen-bond donors (Lipinski definition) is 4. The van der Waals surface area contributed by atoms with Crippen molar-refractivity contribution in [1.82, 2.24) is 14.9 Å². The van der Waals surface area contributed by atoms with Crippen molar-refractivity contribution in [2.24, 2.45) is 11.5 Å². The fraction of sp³-hybridized carbons (Fsp3) is 0.273. The maximum atomic E-state index is 14.1. The zero-order valence-electron chi connectivity index (χ0n) is 24.3. The zero-order valence-corrected chi connectivity index (χ0v) is 24.3. The number of aromatic nitrogens is 2. The second-order valence-electron chi connectivity index (χ2n) is 10.6. The van der Waals surface area contributed by atoms with Gasteiger partial charge < -0.3 is 26.5 Å². The van der Waals surface area contributed by atoms with Gasteiger partial charge in [-0.25, -0.2) is 9.78 Å². The smallest absolute Gasteiger partial charge is 0.335 e. The van der Waals surface area contributed by atoms with E-state index in [1.54, 1.807) is 35.4 Å². The third-order valence-electron chi connectivity index (χ3n) is 7.69. The van der Waals surface area contributed by atoms with Crippen molar-refractivity contribution in [3.8, 4) is 11.3 Å². The second kappa shape index (κ2) is 12.8. The molecule has 42 heavy (non-hydrogen) atoms. The van der Waals surface area contributed by atoms with E-state index in [4.69, 9.17) is 11.5 Å². The number of carbonyl (C=O) groups excluding carboxylic acids is 2. The molecule has 0 saturated heterocycles. The third kappa shape index (κ3) is 6.58. The van der Waals surface area contributed by atoms with Crippen LogP contribution >= 0.6 is 0 Å². The van der Waals surface area contributed by atoms with Crippen molar-refractivity contribution in [2.75, 3.05) is 0 Å². The van der Waals surface area contributed by atoms with Crippen LogP contribution in [0, 0.1) is 13.8 Å². The summed E-state index contributed by atoms with van der Waals surface area (Å²) in [5.41, 5.74) is 18.3. The maximum absolute atomic E-state index is 14.1. The van der Waals surface area contributed by atoms with Gasteiger partial charge in [0.1, 0.15) is 5.82 Å². The van der Waals surface area contributed by atoms with Crippen LogP contribution in [0.4, 0.5) is 0 Å². The molecule has 218 valence electrons. The Kier molecular flexibility index (Phi) is 9.22. The number of rotatable bonds is 11. The van der Waals surface area contributed by atoms with Gasteiger partial charge in [0.2, 0.25) is 11.8 Å². The molecule has 0 aliphatic carbocycles. The Morgan fingerprint density at radius 3 is 2.29 bits per heavy atom. The molecule has 4 aromatic rings. The van der Waals surface area contributed by atoms with Crippen LogP contribution in [0.2, 0.25) is 0 Å². The van der Waals surface area contributed by atoms with Crippen molar-refractivity contribution in [3.63, 3.8) is 0 Å². The first-order valence-electron chi connectivity index (χ1n) is 13.9. The highest BCUT2D eigenvalue weighted by atomic mass is 16.4. The maximum Gasteiger partial charge on any atom is 0.335 e. The van der Waals surface area contributed by atoms with Gasteiger partial charge in [0.15, 0.2) is 0 Å². The van der Waals surface area contributed by atoms with E-state index in [1.165, 1.54) is 0 Å². The van der Waals surface area contributed by atoms with Crippen molar-refractivity contribution < 1.29 is 19.5 Å². The number of amides is 2. The fourth-order valence-corrected chi connectivity index (χ4v) is 5.27. The van der Waals surface area contributed by atoms with E-state index < -0.39 is 24.0 Å². The molecule has 0 saturated carbocycles. The third-order valence-corrected chi connectivity index (χ3v) is 7.69. The van der Waals surface area contributed by atoms with Crippen LogP contribution < -0.4 is 11.5 Å². The van der Waals surface area contributed by atoms with E-state index in [1.807, 2.05) is 64.1 Å². The molecule has 4 rings (SSSR count). The van der Waals surface area contributed by atoms with Gasteiger partial charge in [-0.3, -0.25) is 9.59 Å². The molecule has 0 unspecified atom stereocenters. The zero-order chi connectivity index (χ0) is 30.6. The Bertz CT molecular complexity index is 1590. The van der Waals surface area contributed by atoms with Crippen LogP contribution in [0.15, 0.2) is 66.9 Å². The Balaban J connectivity index is 1.68. The van der Waals surface area contributed by atoms with E-state index in [0.29, 0.717) is 23.4 Å². The number of nitrogens with zero attached hydrogens (tertiary/aromatic N) is 2. The molecule has 0 bridgehead atoms. The molecule has 3 aromatic carbocycles. The summed E-state index contributed by atoms with van der Waals surface area (Å²) in [7, 11) is 0. The molecule has 1 heterocycles. The van der Waals surface area contributed by atoms with Gasteiger partial charge >= 0.3 is 5.97 Å². The highest BCUT2D eigenvalue weighted by Gasteiger charge is 2.29. The van der Waals surface area contributed by atoms with E-state index >= 15 is 0 Å². The molecule has 2 amide bonds. The first kappa shape index (κ1) is 30.2. The second-order valence-corrected chi connectivity index (χ2v) is 10.6. The number of aromatic amines is 1. The SMILES string of the molecule is CCc1ccc(CN(C(=O)[C@@H](N)Cc2c(C)cc(C(N)=O)cc2C)[C@@H](C)c2ncc(-c3ccccc3)[nH]2)cc1C(=O)O. The topological polar surface area (TPSA) is 155 Å². The molecule has 0 fully saturated rings. The number of hydrogen-bond acceptors (Lipinski definition) is 5. The van der Waals surface area contributed by atoms with Crippen LogP contribution in [0.25, 0.3) is 11.3 Å². The monoisotopic (exact) mass is 567 g/mol. The summed E-state index contributed by atoms with van der Waals surface area (Å²) in [5, 5.41) is 9.78. The Labute approximate surface area is 245 Å². The quantitative estimate of drug-likeness (QED) is 0.206. The highest BCUT2D eigenvalue weighted by Crippen LogP contribution is 2.27. The highest BCUT2D eigenvalue weighted by molar-refractivity contribution is 5.93. The normalized spacial score (nSPS) is 12.5. The number of primary amides is 1. The molecule has 9 heteroatoms. The minimum Gasteiger partial charge on any atom is -0.478 e. The van der Waals surface area contributed by atoms with Crippen molar-refractivity contribution in [1.29, 1.82) is 0 Å². The molecule has 0 radical (unpaired) electrons. The van der Waals surface area contributed by atoms with Gasteiger partial charge in [-0.2, -0.15) is 0 Å². The van der Waals surface area contributed by atoms with E-state index in [0.717, 1.165) is 33.5 Å². The van der Waals surface area contributed by atoms with Crippen LogP contribution in [-0.2, 0) is 24.2 Å². The number of imidazole rings is 1. The number of benzene rings is 3. The fourth-order valence-electron chi connectivity index (χ4n) is 5.27. The summed E-state index contributed by atoms with van der Waals surface area (Å²) in [6.45, 7) is 7.64. The number of aromatic carboxylic acids is 1. The molecular formula is C33H37N5O4. The molecule has 9 nitrogen and oxygen atoms in total. The molecular weight excluding hydrogens is 530 g/mol. The largest absolute Gasteiger partial charge is 0.478 e. The number of nitrogens with one attached hydrogen (secondary N) is 1. The van der Waals surface area contributed by atoms with Gasteiger partial charge in [0.05, 0.1) is 29.5 Å². The standard InChI is InChI=1S/C33H37N5O4/c1-5-23-12-11-22(15-27(23)33(41)42)18-38(21(4)31-36-17-29(37-31)24-9-7-6-8-10-24)32(40)28(34)16-26-19(2)13-25(30(35)39)14-20(26)3/h6-15,17,21,28H,5,16,18,34H2,1-4H3,(H2,35,39)(H,36,37)(H,41,42)/t21-,28-/m0/s1. The van der Waals surface area contributed by atoms with Crippen LogP contribution in [0.1, 0.15) is 74.2 Å². The summed E-state index contributed by atoms with van der Waals surface area (Å²) in [5.74, 6) is -1.26. The van der Waals surface area contributed by atoms with Gasteiger partial charge in [0, 0.05) is 12.1 Å². The van der Waals surface area contributed by atoms with E-state index in [9.17, 15) is 19.5 Å². The Morgan fingerprint density at radius 1 is 1.02 bits per heavy atom. The first-order chi connectivity index (χ1) is 20.0. The molecule has 1 aromatic heterocycles. The average Bonchev–Trinajstić information content (AvgIpc) is 3.47. The Morgan fingerprint density at radius 2 is 1.69 bits per heavy atom. The summed E-state index contributed by atoms with van der Waals surface area (Å²) in [4.78, 5) is 47.3. The van der Waals surface area contributed by atoms with Gasteiger partial charge in [-0.05, 0) is 85.2 Å². The number of aryl methyl sites for hydroxylation is 3. The number of carbonyl (C=O) groups is 3. The van der Waals surface area contributed by atoms with E-state index in [-0.39, 0.29) is 24.4 Å². The number of nitrogens with two attached hydrogens (primary N) is 2. The predicted octanol–water partition coefficient (Wildman–Crippen LogP) is 4.71. The van der Waals surface area contributed by atoms with Crippen LogP contribution in [-0.4, -0.2) is 43.8 Å². The molecule has 0 aliphatic rings. The molecule has 0 aliphatic heterocycles. The van der Waals surface area contributed by atoms with Crippen molar-refractivity contribution in [2.45, 2.75) is 59.2 Å². The van der Waals surface area contributed by atoms with Crippen LogP contribution in [0.3, 0.4) is 0 Å². The summed E-state index contributed by atoms with van der Waals surface area (Å²) < 4.78 is 0. The van der Waals surface area contributed by atoms with E-state index in [2.05, 4.69) is 9.97 Å². The minimum absolute atomic E-state index is 0.137. The lowest BCUT2D eigenvalue weighted by Gasteiger charge is -2.31. The predicted molar refractivity (Wildman–Crippen MR) is 162 cm³/mol.